The molecule has 0 aliphatic heterocycles. The van der Waals surface area contributed by atoms with Gasteiger partial charge < -0.3 is 16.2 Å². The molecule has 0 aliphatic rings. The molecule has 0 radical (unpaired) electrons. The highest BCUT2D eigenvalue weighted by Crippen LogP contribution is 2.26. The molecule has 0 saturated carbocycles. The predicted molar refractivity (Wildman–Crippen MR) is 96.9 cm³/mol. The van der Waals surface area contributed by atoms with Crippen molar-refractivity contribution in [2.75, 3.05) is 5.32 Å². The zero-order valence-electron chi connectivity index (χ0n) is 13.5. The second kappa shape index (κ2) is 6.88. The number of phenolic OH excluding ortho intramolecular Hbond substituents is 1. The highest BCUT2D eigenvalue weighted by Gasteiger charge is 2.18. The summed E-state index contributed by atoms with van der Waals surface area (Å²) in [6, 6.07) is 14.2. The van der Waals surface area contributed by atoms with Crippen molar-refractivity contribution >= 4 is 29.4 Å². The zero-order chi connectivity index (χ0) is 17.8. The molecular weight excluding hydrogens is 318 g/mol. The number of H-pyrrole nitrogens is 1. The van der Waals surface area contributed by atoms with Gasteiger partial charge in [0.05, 0.1) is 0 Å². The quantitative estimate of drug-likeness (QED) is 0.536. The molecule has 5 N–H and O–H groups in total. The average molecular weight is 335 g/mol. The lowest BCUT2D eigenvalue weighted by atomic mass is 10.2. The first-order valence-electron chi connectivity index (χ1n) is 7.58. The number of carbonyl (C=O) groups is 1. The van der Waals surface area contributed by atoms with E-state index in [-0.39, 0.29) is 17.1 Å². The van der Waals surface area contributed by atoms with Crippen molar-refractivity contribution in [1.29, 1.82) is 0 Å². The molecule has 126 valence electrons. The van der Waals surface area contributed by atoms with Crippen molar-refractivity contribution in [2.45, 2.75) is 6.92 Å². The zero-order valence-corrected chi connectivity index (χ0v) is 13.5. The maximum atomic E-state index is 11.8. The van der Waals surface area contributed by atoms with Crippen LogP contribution in [0.2, 0.25) is 0 Å². The number of aromatic hydroxyl groups is 1. The van der Waals surface area contributed by atoms with Crippen LogP contribution in [0.5, 0.6) is 5.75 Å². The number of aromatic amines is 1. The van der Waals surface area contributed by atoms with Crippen molar-refractivity contribution in [1.82, 2.24) is 10.2 Å². The van der Waals surface area contributed by atoms with Gasteiger partial charge in [0.2, 0.25) is 0 Å². The Hall–Kier alpha value is -3.61. The summed E-state index contributed by atoms with van der Waals surface area (Å²) in [6.07, 6.45) is 1.54. The number of carbonyl (C=O) groups excluding carboxylic acids is 1. The topological polar surface area (TPSA) is 116 Å². The molecule has 1 amide bonds. The van der Waals surface area contributed by atoms with Crippen LogP contribution >= 0.6 is 0 Å². The van der Waals surface area contributed by atoms with E-state index in [4.69, 9.17) is 5.73 Å². The van der Waals surface area contributed by atoms with Crippen LogP contribution in [0.4, 0.5) is 17.3 Å². The summed E-state index contributed by atoms with van der Waals surface area (Å²) in [4.78, 5) is 16.0. The van der Waals surface area contributed by atoms with Gasteiger partial charge in [-0.25, -0.2) is 4.99 Å². The fraction of sp³-hybridized carbons (Fsp3) is 0.0556. The normalized spacial score (nSPS) is 10.9. The average Bonchev–Trinajstić information content (AvgIpc) is 2.99. The van der Waals surface area contributed by atoms with Gasteiger partial charge in [0.1, 0.15) is 17.1 Å². The minimum absolute atomic E-state index is 0.166. The number of anilines is 2. The van der Waals surface area contributed by atoms with E-state index in [1.807, 2.05) is 31.2 Å². The van der Waals surface area contributed by atoms with Gasteiger partial charge in [-0.1, -0.05) is 17.7 Å². The van der Waals surface area contributed by atoms with Gasteiger partial charge in [-0.3, -0.25) is 9.89 Å². The summed E-state index contributed by atoms with van der Waals surface area (Å²) >= 11 is 0. The third-order valence-electron chi connectivity index (χ3n) is 3.54. The first kappa shape index (κ1) is 16.3. The summed E-state index contributed by atoms with van der Waals surface area (Å²) in [7, 11) is 0. The molecule has 1 aromatic heterocycles. The molecule has 0 fully saturated rings. The standard InChI is InChI=1S/C18H17N5O2/c1-11-2-6-13(7-3-11)21-18-15(16(19)25)17(22-23-18)20-10-12-4-8-14(24)9-5-12/h2-10,24H,1H3,(H2,19,25)(H2,21,22,23). The summed E-state index contributed by atoms with van der Waals surface area (Å²) in [5.74, 6) is 0.102. The van der Waals surface area contributed by atoms with Crippen molar-refractivity contribution < 1.29 is 9.90 Å². The molecule has 7 nitrogen and oxygen atoms in total. The molecule has 3 aromatic rings. The van der Waals surface area contributed by atoms with E-state index in [9.17, 15) is 9.90 Å². The molecule has 0 spiro atoms. The molecule has 0 atom stereocenters. The van der Waals surface area contributed by atoms with Gasteiger partial charge in [-0.15, -0.1) is 0 Å². The number of phenols is 1. The number of rotatable bonds is 5. The number of primary amides is 1. The van der Waals surface area contributed by atoms with E-state index >= 15 is 0 Å². The third-order valence-corrected chi connectivity index (χ3v) is 3.54. The lowest BCUT2D eigenvalue weighted by Gasteiger charge is -2.05. The number of nitrogens with two attached hydrogens (primary N) is 1. The van der Waals surface area contributed by atoms with Crippen LogP contribution in [-0.2, 0) is 0 Å². The maximum absolute atomic E-state index is 11.8. The van der Waals surface area contributed by atoms with Crippen LogP contribution in [0, 0.1) is 6.92 Å². The number of aromatic nitrogens is 2. The second-order valence-corrected chi connectivity index (χ2v) is 5.50. The van der Waals surface area contributed by atoms with Crippen LogP contribution in [0.3, 0.4) is 0 Å². The van der Waals surface area contributed by atoms with E-state index in [1.165, 1.54) is 6.21 Å². The number of benzene rings is 2. The smallest absolute Gasteiger partial charge is 0.256 e. The summed E-state index contributed by atoms with van der Waals surface area (Å²) in [5.41, 5.74) is 8.34. The van der Waals surface area contributed by atoms with Crippen LogP contribution in [0.25, 0.3) is 0 Å². The monoisotopic (exact) mass is 335 g/mol. The number of hydrogen-bond acceptors (Lipinski definition) is 5. The predicted octanol–water partition coefficient (Wildman–Crippen LogP) is 3.02. The Morgan fingerprint density at radius 2 is 1.88 bits per heavy atom. The highest BCUT2D eigenvalue weighted by molar-refractivity contribution is 6.03. The first-order chi connectivity index (χ1) is 12.0. The number of hydrogen-bond donors (Lipinski definition) is 4. The number of aliphatic imine (C=N–C) groups is 1. The second-order valence-electron chi connectivity index (χ2n) is 5.50. The first-order valence-corrected chi connectivity index (χ1v) is 7.58. The molecule has 0 aliphatic carbocycles. The van der Waals surface area contributed by atoms with Crippen LogP contribution in [-0.4, -0.2) is 27.4 Å². The minimum atomic E-state index is -0.638. The van der Waals surface area contributed by atoms with E-state index in [0.29, 0.717) is 5.82 Å². The van der Waals surface area contributed by atoms with Crippen molar-refractivity contribution in [2.24, 2.45) is 10.7 Å². The number of amides is 1. The fourth-order valence-corrected chi connectivity index (χ4v) is 2.23. The molecule has 1 heterocycles. The van der Waals surface area contributed by atoms with Gasteiger partial charge in [0, 0.05) is 11.9 Å². The molecule has 0 bridgehead atoms. The Morgan fingerprint density at radius 3 is 2.52 bits per heavy atom. The molecule has 25 heavy (non-hydrogen) atoms. The van der Waals surface area contributed by atoms with E-state index < -0.39 is 5.91 Å². The lowest BCUT2D eigenvalue weighted by Crippen LogP contribution is -2.12. The Bertz CT molecular complexity index is 912. The highest BCUT2D eigenvalue weighted by atomic mass is 16.3. The largest absolute Gasteiger partial charge is 0.508 e. The van der Waals surface area contributed by atoms with Crippen LogP contribution < -0.4 is 11.1 Å². The van der Waals surface area contributed by atoms with Gasteiger partial charge in [-0.2, -0.15) is 5.10 Å². The summed E-state index contributed by atoms with van der Waals surface area (Å²) < 4.78 is 0. The molecule has 0 unspecified atom stereocenters. The molecule has 2 aromatic carbocycles. The fourth-order valence-electron chi connectivity index (χ4n) is 2.23. The lowest BCUT2D eigenvalue weighted by molar-refractivity contribution is 0.100. The Balaban J connectivity index is 1.87. The number of nitrogens with one attached hydrogen (secondary N) is 2. The Morgan fingerprint density at radius 1 is 1.20 bits per heavy atom. The molecule has 0 saturated heterocycles. The molecule has 7 heteroatoms. The van der Waals surface area contributed by atoms with Gasteiger partial charge in [-0.05, 0) is 48.9 Å². The van der Waals surface area contributed by atoms with Gasteiger partial charge in [0.15, 0.2) is 5.82 Å². The Kier molecular flexibility index (Phi) is 4.47. The van der Waals surface area contributed by atoms with Gasteiger partial charge in [0.25, 0.3) is 5.91 Å². The van der Waals surface area contributed by atoms with Crippen LogP contribution in [0.15, 0.2) is 53.5 Å². The summed E-state index contributed by atoms with van der Waals surface area (Å²) in [5, 5.41) is 19.2. The summed E-state index contributed by atoms with van der Waals surface area (Å²) in [6.45, 7) is 1.99. The van der Waals surface area contributed by atoms with Gasteiger partial charge >= 0.3 is 0 Å². The third kappa shape index (κ3) is 3.84. The van der Waals surface area contributed by atoms with Crippen LogP contribution in [0.1, 0.15) is 21.5 Å². The van der Waals surface area contributed by atoms with E-state index in [1.54, 1.807) is 24.3 Å². The molecular formula is C18H17N5O2. The van der Waals surface area contributed by atoms with Crippen molar-refractivity contribution in [3.05, 3.63) is 65.2 Å². The maximum Gasteiger partial charge on any atom is 0.256 e. The SMILES string of the molecule is Cc1ccc(Nc2[nH]nc(N=Cc3ccc(O)cc3)c2C(N)=O)cc1. The number of aryl methyl sites for hydroxylation is 1. The van der Waals surface area contributed by atoms with Crippen molar-refractivity contribution in [3.8, 4) is 5.75 Å². The van der Waals surface area contributed by atoms with E-state index in [2.05, 4.69) is 20.5 Å². The Labute approximate surface area is 144 Å². The molecule has 3 rings (SSSR count). The number of nitrogens with zero attached hydrogens (tertiary/aromatic N) is 2. The van der Waals surface area contributed by atoms with Crippen molar-refractivity contribution in [3.63, 3.8) is 0 Å². The van der Waals surface area contributed by atoms with E-state index in [0.717, 1.165) is 16.8 Å². The minimum Gasteiger partial charge on any atom is -0.508 e.